The summed E-state index contributed by atoms with van der Waals surface area (Å²) < 4.78 is 22.0. The van der Waals surface area contributed by atoms with Crippen molar-refractivity contribution in [2.45, 2.75) is 12.1 Å². The zero-order valence-corrected chi connectivity index (χ0v) is 17.1. The Kier molecular flexibility index (Phi) is 7.19. The van der Waals surface area contributed by atoms with E-state index in [4.69, 9.17) is 30.5 Å². The summed E-state index contributed by atoms with van der Waals surface area (Å²) in [7, 11) is 3.10. The molecule has 2 aromatic rings. The number of hydrogen-bond acceptors (Lipinski definition) is 6. The molecule has 0 spiro atoms. The third-order valence-electron chi connectivity index (χ3n) is 4.78. The highest BCUT2D eigenvalue weighted by Crippen LogP contribution is 2.35. The van der Waals surface area contributed by atoms with Gasteiger partial charge in [-0.15, -0.1) is 0 Å². The fourth-order valence-corrected chi connectivity index (χ4v) is 3.48. The monoisotopic (exact) mass is 421 g/mol. The molecule has 7 nitrogen and oxygen atoms in total. The molecule has 1 N–H and O–H groups in total. The minimum atomic E-state index is -0.554. The van der Waals surface area contributed by atoms with Crippen LogP contribution in [0.3, 0.4) is 0 Å². The Balaban J connectivity index is 1.81. The average molecular weight is 422 g/mol. The summed E-state index contributed by atoms with van der Waals surface area (Å²) in [5.41, 5.74) is 0.779. The predicted octanol–water partition coefficient (Wildman–Crippen LogP) is 2.70. The Bertz CT molecular complexity index is 828. The number of benzene rings is 2. The van der Waals surface area contributed by atoms with Crippen LogP contribution in [-0.2, 0) is 9.53 Å². The number of nitrogens with zero attached hydrogens (tertiary/aromatic N) is 1. The topological polar surface area (TPSA) is 77.5 Å². The number of amides is 1. The zero-order chi connectivity index (χ0) is 20.8. The lowest BCUT2D eigenvalue weighted by Crippen LogP contribution is -2.50. The van der Waals surface area contributed by atoms with Crippen molar-refractivity contribution in [3.05, 3.63) is 53.1 Å². The molecule has 2 aromatic carbocycles. The lowest BCUT2D eigenvalue weighted by Gasteiger charge is -2.41. The molecule has 0 bridgehead atoms. The summed E-state index contributed by atoms with van der Waals surface area (Å²) in [5.74, 6) is 1.47. The van der Waals surface area contributed by atoms with Crippen molar-refractivity contribution in [1.82, 2.24) is 4.90 Å². The van der Waals surface area contributed by atoms with Gasteiger partial charge < -0.3 is 29.0 Å². The van der Waals surface area contributed by atoms with Crippen LogP contribution in [0.1, 0.15) is 11.6 Å². The van der Waals surface area contributed by atoms with Gasteiger partial charge in [-0.3, -0.25) is 4.79 Å². The Labute approximate surface area is 174 Å². The van der Waals surface area contributed by atoms with Gasteiger partial charge in [0.1, 0.15) is 11.9 Å². The molecule has 29 heavy (non-hydrogen) atoms. The molecule has 0 saturated carbocycles. The van der Waals surface area contributed by atoms with E-state index in [9.17, 15) is 9.90 Å². The molecule has 8 heteroatoms. The second-order valence-corrected chi connectivity index (χ2v) is 6.92. The first-order chi connectivity index (χ1) is 14.1. The summed E-state index contributed by atoms with van der Waals surface area (Å²) >= 11 is 5.87. The summed E-state index contributed by atoms with van der Waals surface area (Å²) in [6, 6.07) is 11.7. The van der Waals surface area contributed by atoms with Crippen LogP contribution in [0.25, 0.3) is 0 Å². The van der Waals surface area contributed by atoms with E-state index in [-0.39, 0.29) is 19.1 Å². The number of halogens is 1. The smallest absolute Gasteiger partial charge is 0.261 e. The van der Waals surface area contributed by atoms with Crippen molar-refractivity contribution in [1.29, 1.82) is 0 Å². The third-order valence-corrected chi connectivity index (χ3v) is 5.03. The molecule has 0 radical (unpaired) electrons. The van der Waals surface area contributed by atoms with Gasteiger partial charge in [-0.25, -0.2) is 0 Å². The van der Waals surface area contributed by atoms with Gasteiger partial charge in [0.2, 0.25) is 0 Å². The molecule has 1 amide bonds. The molecular weight excluding hydrogens is 398 g/mol. The van der Waals surface area contributed by atoms with Gasteiger partial charge in [0, 0.05) is 11.6 Å². The van der Waals surface area contributed by atoms with Crippen LogP contribution in [0.2, 0.25) is 5.02 Å². The van der Waals surface area contributed by atoms with Gasteiger partial charge in [-0.2, -0.15) is 0 Å². The van der Waals surface area contributed by atoms with Crippen molar-refractivity contribution in [3.63, 3.8) is 0 Å². The number of morpholine rings is 1. The Morgan fingerprint density at radius 2 is 1.90 bits per heavy atom. The number of hydrogen-bond donors (Lipinski definition) is 1. The van der Waals surface area contributed by atoms with Gasteiger partial charge >= 0.3 is 0 Å². The van der Waals surface area contributed by atoms with Gasteiger partial charge in [0.25, 0.3) is 5.91 Å². The molecule has 1 fully saturated rings. The van der Waals surface area contributed by atoms with Crippen molar-refractivity contribution in [2.24, 2.45) is 0 Å². The maximum Gasteiger partial charge on any atom is 0.261 e. The van der Waals surface area contributed by atoms with Crippen LogP contribution < -0.4 is 14.2 Å². The van der Waals surface area contributed by atoms with Crippen LogP contribution in [0.15, 0.2) is 42.5 Å². The summed E-state index contributed by atoms with van der Waals surface area (Å²) in [5, 5.41) is 10.4. The Morgan fingerprint density at radius 1 is 1.17 bits per heavy atom. The number of rotatable bonds is 7. The van der Waals surface area contributed by atoms with Gasteiger partial charge in [-0.05, 0) is 42.0 Å². The lowest BCUT2D eigenvalue weighted by molar-refractivity contribution is -0.152. The van der Waals surface area contributed by atoms with Crippen LogP contribution in [0.5, 0.6) is 17.2 Å². The summed E-state index contributed by atoms with van der Waals surface area (Å²) in [6.45, 7) is 0.366. The van der Waals surface area contributed by atoms with Crippen molar-refractivity contribution >= 4 is 17.5 Å². The molecule has 0 aliphatic carbocycles. The number of ether oxygens (including phenoxy) is 4. The maximum absolute atomic E-state index is 12.9. The Hall–Kier alpha value is -2.48. The van der Waals surface area contributed by atoms with Gasteiger partial charge in [0.15, 0.2) is 18.1 Å². The van der Waals surface area contributed by atoms with E-state index in [1.807, 2.05) is 6.07 Å². The molecule has 0 aromatic heterocycles. The SMILES string of the molecule is COc1ccc([C@@H]2[C@@H](CO)OCCN2C(=O)COc2ccc(Cl)cc2)cc1OC. The highest BCUT2D eigenvalue weighted by Gasteiger charge is 2.36. The van der Waals surface area contributed by atoms with Crippen LogP contribution in [-0.4, -0.2) is 62.6 Å². The van der Waals surface area contributed by atoms with Crippen molar-refractivity contribution in [2.75, 3.05) is 40.6 Å². The highest BCUT2D eigenvalue weighted by molar-refractivity contribution is 6.30. The van der Waals surface area contributed by atoms with Crippen LogP contribution in [0, 0.1) is 0 Å². The summed E-state index contributed by atoms with van der Waals surface area (Å²) in [6.07, 6.45) is -0.554. The zero-order valence-electron chi connectivity index (χ0n) is 16.3. The highest BCUT2D eigenvalue weighted by atomic mass is 35.5. The molecule has 1 aliphatic rings. The molecule has 1 saturated heterocycles. The minimum absolute atomic E-state index is 0.135. The molecule has 0 unspecified atom stereocenters. The van der Waals surface area contributed by atoms with E-state index in [0.29, 0.717) is 35.4 Å². The second-order valence-electron chi connectivity index (χ2n) is 6.48. The van der Waals surface area contributed by atoms with E-state index >= 15 is 0 Å². The lowest BCUT2D eigenvalue weighted by atomic mass is 9.97. The van der Waals surface area contributed by atoms with Crippen LogP contribution in [0.4, 0.5) is 0 Å². The van der Waals surface area contributed by atoms with Crippen LogP contribution >= 0.6 is 11.6 Å². The Morgan fingerprint density at radius 3 is 2.55 bits per heavy atom. The number of carbonyl (C=O) groups is 1. The fourth-order valence-electron chi connectivity index (χ4n) is 3.36. The second kappa shape index (κ2) is 9.82. The molecule has 2 atom stereocenters. The number of methoxy groups -OCH3 is 2. The first kappa shape index (κ1) is 21.2. The minimum Gasteiger partial charge on any atom is -0.493 e. The largest absolute Gasteiger partial charge is 0.493 e. The number of aliphatic hydroxyl groups excluding tert-OH is 1. The maximum atomic E-state index is 12.9. The molecule has 1 aliphatic heterocycles. The van der Waals surface area contributed by atoms with E-state index in [2.05, 4.69) is 0 Å². The predicted molar refractivity (Wildman–Crippen MR) is 108 cm³/mol. The standard InChI is InChI=1S/C21H24ClNO6/c1-26-17-8-3-14(11-18(17)27-2)21-19(12-24)28-10-9-23(21)20(25)13-29-16-6-4-15(22)5-7-16/h3-8,11,19,21,24H,9-10,12-13H2,1-2H3/t19-,21-/m1/s1. The average Bonchev–Trinajstić information content (AvgIpc) is 2.77. The summed E-state index contributed by atoms with van der Waals surface area (Å²) in [4.78, 5) is 14.6. The van der Waals surface area contributed by atoms with Gasteiger partial charge in [0.05, 0.1) is 33.5 Å². The van der Waals surface area contributed by atoms with E-state index < -0.39 is 12.1 Å². The number of carbonyl (C=O) groups excluding carboxylic acids is 1. The normalized spacial score (nSPS) is 19.0. The van der Waals surface area contributed by atoms with E-state index in [1.54, 1.807) is 55.5 Å². The third kappa shape index (κ3) is 4.93. The van der Waals surface area contributed by atoms with Crippen molar-refractivity contribution in [3.8, 4) is 17.2 Å². The quantitative estimate of drug-likeness (QED) is 0.740. The molecule has 1 heterocycles. The van der Waals surface area contributed by atoms with E-state index in [0.717, 1.165) is 5.56 Å². The molecular formula is C21H24ClNO6. The first-order valence-corrected chi connectivity index (χ1v) is 9.57. The first-order valence-electron chi connectivity index (χ1n) is 9.19. The van der Waals surface area contributed by atoms with Crippen molar-refractivity contribution < 1.29 is 28.8 Å². The van der Waals surface area contributed by atoms with Gasteiger partial charge in [-0.1, -0.05) is 17.7 Å². The molecule has 3 rings (SSSR count). The fraction of sp³-hybridized carbons (Fsp3) is 0.381. The molecule has 156 valence electrons. The van der Waals surface area contributed by atoms with E-state index in [1.165, 1.54) is 0 Å². The number of aliphatic hydroxyl groups is 1.